The van der Waals surface area contributed by atoms with Gasteiger partial charge in [-0.05, 0) is 61.2 Å². The van der Waals surface area contributed by atoms with E-state index in [4.69, 9.17) is 0 Å². The highest BCUT2D eigenvalue weighted by molar-refractivity contribution is 14.0. The molecule has 1 fully saturated rings. The van der Waals surface area contributed by atoms with Crippen molar-refractivity contribution >= 4 is 41.5 Å². The molecule has 0 bridgehead atoms. The molecule has 1 aliphatic heterocycles. The lowest BCUT2D eigenvalue weighted by Crippen LogP contribution is -2.37. The molecule has 0 aliphatic carbocycles. The lowest BCUT2D eigenvalue weighted by atomic mass is 10.1. The Morgan fingerprint density at radius 3 is 2.16 bits per heavy atom. The highest BCUT2D eigenvalue weighted by atomic mass is 127. The monoisotopic (exact) mass is 535 g/mol. The van der Waals surface area contributed by atoms with Gasteiger partial charge in [0.1, 0.15) is 0 Å². The Morgan fingerprint density at radius 2 is 1.55 bits per heavy atom. The Balaban J connectivity index is 0.00000341. The molecule has 6 nitrogen and oxygen atoms in total. The van der Waals surface area contributed by atoms with E-state index < -0.39 is 0 Å². The van der Waals surface area contributed by atoms with Crippen LogP contribution in [-0.2, 0) is 24.3 Å². The van der Waals surface area contributed by atoms with Crippen molar-refractivity contribution in [2.75, 3.05) is 32.0 Å². The number of guanidine groups is 1. The zero-order chi connectivity index (χ0) is 21.2. The van der Waals surface area contributed by atoms with Crippen molar-refractivity contribution in [2.45, 2.75) is 39.3 Å². The molecule has 0 spiro atoms. The van der Waals surface area contributed by atoms with Crippen LogP contribution in [0, 0.1) is 0 Å². The SMILES string of the molecule is CN=C(NCCc1ccc(NC(C)=O)cc1)NCc1ccc(CN2CCCC2)cc1.I. The van der Waals surface area contributed by atoms with Crippen LogP contribution in [0.5, 0.6) is 0 Å². The van der Waals surface area contributed by atoms with Crippen LogP contribution in [0.15, 0.2) is 53.5 Å². The largest absolute Gasteiger partial charge is 0.356 e. The molecule has 1 heterocycles. The van der Waals surface area contributed by atoms with Crippen molar-refractivity contribution in [3.05, 3.63) is 65.2 Å². The molecule has 0 unspecified atom stereocenters. The van der Waals surface area contributed by atoms with E-state index in [-0.39, 0.29) is 29.9 Å². The molecule has 2 aromatic rings. The third-order valence-corrected chi connectivity index (χ3v) is 5.29. The van der Waals surface area contributed by atoms with Crippen LogP contribution in [0.2, 0.25) is 0 Å². The fourth-order valence-corrected chi connectivity index (χ4v) is 3.65. The van der Waals surface area contributed by atoms with Gasteiger partial charge in [0.2, 0.25) is 5.91 Å². The van der Waals surface area contributed by atoms with Crippen molar-refractivity contribution < 1.29 is 4.79 Å². The molecule has 1 saturated heterocycles. The molecule has 0 aromatic heterocycles. The van der Waals surface area contributed by atoms with Crippen LogP contribution in [0.1, 0.15) is 36.5 Å². The minimum Gasteiger partial charge on any atom is -0.356 e. The minimum absolute atomic E-state index is 0. The average molecular weight is 535 g/mol. The van der Waals surface area contributed by atoms with Gasteiger partial charge < -0.3 is 16.0 Å². The van der Waals surface area contributed by atoms with Crippen LogP contribution in [0.4, 0.5) is 5.69 Å². The molecule has 0 atom stereocenters. The Morgan fingerprint density at radius 1 is 0.935 bits per heavy atom. The number of anilines is 1. The number of amides is 1. The maximum atomic E-state index is 11.1. The number of nitrogens with one attached hydrogen (secondary N) is 3. The summed E-state index contributed by atoms with van der Waals surface area (Å²) in [5, 5.41) is 9.52. The number of hydrogen-bond donors (Lipinski definition) is 3. The summed E-state index contributed by atoms with van der Waals surface area (Å²) in [6, 6.07) is 16.8. The third-order valence-electron chi connectivity index (χ3n) is 5.29. The molecular weight excluding hydrogens is 501 g/mol. The standard InChI is InChI=1S/C24H33N5O.HI/c1-19(30)28-23-11-9-20(10-12-23)13-14-26-24(25-2)27-17-21-5-7-22(8-6-21)18-29-15-3-4-16-29;/h5-12H,3-4,13-18H2,1-2H3,(H,28,30)(H2,25,26,27);1H. The Labute approximate surface area is 202 Å². The lowest BCUT2D eigenvalue weighted by Gasteiger charge is -2.15. The van der Waals surface area contributed by atoms with Crippen molar-refractivity contribution in [2.24, 2.45) is 4.99 Å². The number of likely N-dealkylation sites (tertiary alicyclic amines) is 1. The Bertz CT molecular complexity index is 830. The van der Waals surface area contributed by atoms with Crippen LogP contribution < -0.4 is 16.0 Å². The second-order valence-electron chi connectivity index (χ2n) is 7.78. The quantitative estimate of drug-likeness (QED) is 0.274. The molecule has 1 amide bonds. The summed E-state index contributed by atoms with van der Waals surface area (Å²) in [5.74, 6) is 0.742. The van der Waals surface area contributed by atoms with E-state index in [0.29, 0.717) is 0 Å². The van der Waals surface area contributed by atoms with E-state index in [1.54, 1.807) is 7.05 Å². The van der Waals surface area contributed by atoms with Crippen LogP contribution in [0.25, 0.3) is 0 Å². The van der Waals surface area contributed by atoms with Gasteiger partial charge in [-0.2, -0.15) is 0 Å². The smallest absolute Gasteiger partial charge is 0.221 e. The Kier molecular flexibility index (Phi) is 10.8. The van der Waals surface area contributed by atoms with Gasteiger partial charge in [0, 0.05) is 39.3 Å². The maximum Gasteiger partial charge on any atom is 0.221 e. The van der Waals surface area contributed by atoms with Crippen LogP contribution >= 0.6 is 24.0 Å². The van der Waals surface area contributed by atoms with Crippen molar-refractivity contribution in [3.8, 4) is 0 Å². The lowest BCUT2D eigenvalue weighted by molar-refractivity contribution is -0.114. The summed E-state index contributed by atoms with van der Waals surface area (Å²) in [7, 11) is 1.79. The second kappa shape index (κ2) is 13.3. The van der Waals surface area contributed by atoms with E-state index in [0.717, 1.165) is 37.7 Å². The number of nitrogens with zero attached hydrogens (tertiary/aromatic N) is 2. The molecule has 3 rings (SSSR count). The summed E-state index contributed by atoms with van der Waals surface area (Å²) >= 11 is 0. The van der Waals surface area contributed by atoms with Gasteiger partial charge in [-0.15, -0.1) is 24.0 Å². The van der Waals surface area contributed by atoms with Crippen molar-refractivity contribution in [1.29, 1.82) is 0 Å². The van der Waals surface area contributed by atoms with Gasteiger partial charge in [-0.3, -0.25) is 14.7 Å². The summed E-state index contributed by atoms with van der Waals surface area (Å²) < 4.78 is 0. The maximum absolute atomic E-state index is 11.1. The van der Waals surface area contributed by atoms with Crippen molar-refractivity contribution in [1.82, 2.24) is 15.5 Å². The van der Waals surface area contributed by atoms with Gasteiger partial charge in [0.25, 0.3) is 0 Å². The van der Waals surface area contributed by atoms with Crippen LogP contribution in [0.3, 0.4) is 0 Å². The first-order valence-electron chi connectivity index (χ1n) is 10.7. The molecule has 1 aliphatic rings. The number of aliphatic imine (C=N–C) groups is 1. The van der Waals surface area contributed by atoms with E-state index in [1.807, 2.05) is 24.3 Å². The van der Waals surface area contributed by atoms with Crippen LogP contribution in [-0.4, -0.2) is 43.4 Å². The predicted octanol–water partition coefficient (Wildman–Crippen LogP) is 3.77. The fourth-order valence-electron chi connectivity index (χ4n) is 3.65. The number of carbonyl (C=O) groups is 1. The molecule has 168 valence electrons. The highest BCUT2D eigenvalue weighted by Crippen LogP contribution is 2.13. The van der Waals surface area contributed by atoms with E-state index in [1.165, 1.54) is 49.5 Å². The van der Waals surface area contributed by atoms with E-state index >= 15 is 0 Å². The number of rotatable bonds is 8. The normalized spacial score (nSPS) is 14.1. The summed E-state index contributed by atoms with van der Waals surface area (Å²) in [4.78, 5) is 17.9. The molecule has 7 heteroatoms. The van der Waals surface area contributed by atoms with Gasteiger partial charge in [-0.25, -0.2) is 0 Å². The summed E-state index contributed by atoms with van der Waals surface area (Å²) in [6.07, 6.45) is 3.54. The number of benzene rings is 2. The first kappa shape index (κ1) is 25.1. The highest BCUT2D eigenvalue weighted by Gasteiger charge is 2.11. The zero-order valence-electron chi connectivity index (χ0n) is 18.5. The predicted molar refractivity (Wildman–Crippen MR) is 139 cm³/mol. The Hall–Kier alpha value is -2.13. The fraction of sp³-hybridized carbons (Fsp3) is 0.417. The molecule has 0 radical (unpaired) electrons. The van der Waals surface area contributed by atoms with Gasteiger partial charge in [0.05, 0.1) is 0 Å². The summed E-state index contributed by atoms with van der Waals surface area (Å²) in [6.45, 7) is 6.56. The minimum atomic E-state index is -0.0551. The molecule has 0 saturated carbocycles. The van der Waals surface area contributed by atoms with E-state index in [9.17, 15) is 4.79 Å². The number of carbonyl (C=O) groups excluding carboxylic acids is 1. The summed E-state index contributed by atoms with van der Waals surface area (Å²) in [5.41, 5.74) is 4.66. The topological polar surface area (TPSA) is 68.8 Å². The average Bonchev–Trinajstić information content (AvgIpc) is 3.25. The van der Waals surface area contributed by atoms with Gasteiger partial charge in [0.15, 0.2) is 5.96 Å². The van der Waals surface area contributed by atoms with Crippen molar-refractivity contribution in [3.63, 3.8) is 0 Å². The number of halogens is 1. The van der Waals surface area contributed by atoms with Gasteiger partial charge >= 0.3 is 0 Å². The van der Waals surface area contributed by atoms with E-state index in [2.05, 4.69) is 50.1 Å². The molecule has 3 N–H and O–H groups in total. The zero-order valence-corrected chi connectivity index (χ0v) is 20.8. The number of hydrogen-bond acceptors (Lipinski definition) is 3. The first-order valence-corrected chi connectivity index (χ1v) is 10.7. The molecular formula is C24H34IN5O. The first-order chi connectivity index (χ1) is 14.6. The molecule has 31 heavy (non-hydrogen) atoms. The third kappa shape index (κ3) is 8.86. The molecule has 2 aromatic carbocycles. The second-order valence-corrected chi connectivity index (χ2v) is 7.78. The van der Waals surface area contributed by atoms with Gasteiger partial charge in [-0.1, -0.05) is 36.4 Å².